The van der Waals surface area contributed by atoms with E-state index >= 15 is 8.78 Å². The van der Waals surface area contributed by atoms with E-state index in [9.17, 15) is 20.3 Å². The van der Waals surface area contributed by atoms with Crippen molar-refractivity contribution < 1.29 is 23.8 Å². The van der Waals surface area contributed by atoms with Gasteiger partial charge in [-0.15, -0.1) is 0 Å². The van der Waals surface area contributed by atoms with Crippen molar-refractivity contribution in [3.63, 3.8) is 0 Å². The van der Waals surface area contributed by atoms with E-state index in [1.165, 1.54) is 24.3 Å². The van der Waals surface area contributed by atoms with E-state index in [0.29, 0.717) is 12.8 Å². The van der Waals surface area contributed by atoms with Crippen LogP contribution in [0, 0.1) is 40.2 Å². The molecule has 1 saturated heterocycles. The molecule has 2 aromatic rings. The maximum absolute atomic E-state index is 15.7. The van der Waals surface area contributed by atoms with Crippen molar-refractivity contribution in [2.75, 3.05) is 13.2 Å². The molecule has 6 atom stereocenters. The van der Waals surface area contributed by atoms with Gasteiger partial charge in [0.15, 0.2) is 0 Å². The third-order valence-corrected chi connectivity index (χ3v) is 8.31. The van der Waals surface area contributed by atoms with Gasteiger partial charge in [-0.1, -0.05) is 62.2 Å². The number of rotatable bonds is 7. The lowest BCUT2D eigenvalue weighted by Crippen LogP contribution is -2.47. The third kappa shape index (κ3) is 4.97. The summed E-state index contributed by atoms with van der Waals surface area (Å²) in [6.45, 7) is 5.80. The maximum Gasteiger partial charge on any atom is 0.306 e. The zero-order chi connectivity index (χ0) is 27.3. The van der Waals surface area contributed by atoms with Crippen molar-refractivity contribution in [1.82, 2.24) is 4.90 Å². The molecule has 37 heavy (non-hydrogen) atoms. The van der Waals surface area contributed by atoms with Gasteiger partial charge in [0.2, 0.25) is 0 Å². The molecule has 198 valence electrons. The molecule has 0 unspecified atom stereocenters. The zero-order valence-corrected chi connectivity index (χ0v) is 22.4. The van der Waals surface area contributed by atoms with Crippen LogP contribution in [0.3, 0.4) is 0 Å². The molecule has 2 aromatic carbocycles. The number of benzene rings is 2. The number of likely N-dealkylation sites (tertiary alicyclic amines) is 1. The second-order valence-corrected chi connectivity index (χ2v) is 12.2. The second kappa shape index (κ2) is 10.1. The lowest BCUT2D eigenvalue weighted by molar-refractivity contribution is -0.138. The summed E-state index contributed by atoms with van der Waals surface area (Å²) < 4.78 is 31.3. The molecular formula is C28H30Cl2F2N2O3. The zero-order valence-electron chi connectivity index (χ0n) is 20.9. The van der Waals surface area contributed by atoms with Crippen LogP contribution in [-0.2, 0) is 10.2 Å². The molecular weight excluding hydrogens is 521 g/mol. The highest BCUT2D eigenvalue weighted by molar-refractivity contribution is 6.31. The fourth-order valence-electron chi connectivity index (χ4n) is 6.14. The van der Waals surface area contributed by atoms with E-state index in [1.807, 2.05) is 25.7 Å². The van der Waals surface area contributed by atoms with Crippen molar-refractivity contribution in [3.05, 3.63) is 69.2 Å². The van der Waals surface area contributed by atoms with Gasteiger partial charge in [-0.3, -0.25) is 9.69 Å². The van der Waals surface area contributed by atoms with Crippen LogP contribution in [0.1, 0.15) is 50.7 Å². The van der Waals surface area contributed by atoms with E-state index in [2.05, 4.69) is 6.07 Å². The van der Waals surface area contributed by atoms with Crippen molar-refractivity contribution >= 4 is 29.2 Å². The summed E-state index contributed by atoms with van der Waals surface area (Å²) in [4.78, 5) is 13.5. The molecule has 1 heterocycles. The minimum absolute atomic E-state index is 0.0598. The number of carboxylic acid groups (broad SMARTS) is 1. The molecule has 0 bridgehead atoms. The second-order valence-electron chi connectivity index (χ2n) is 11.4. The summed E-state index contributed by atoms with van der Waals surface area (Å²) >= 11 is 12.2. The first-order valence-corrected chi connectivity index (χ1v) is 13.0. The average molecular weight is 551 g/mol. The van der Waals surface area contributed by atoms with Crippen LogP contribution >= 0.6 is 23.2 Å². The monoisotopic (exact) mass is 550 g/mol. The van der Waals surface area contributed by atoms with Gasteiger partial charge in [0, 0.05) is 35.1 Å². The van der Waals surface area contributed by atoms with Gasteiger partial charge in [-0.05, 0) is 47.9 Å². The fourth-order valence-corrected chi connectivity index (χ4v) is 6.48. The molecule has 9 heteroatoms. The van der Waals surface area contributed by atoms with Crippen LogP contribution in [0.25, 0.3) is 0 Å². The Kier molecular flexibility index (Phi) is 7.62. The summed E-state index contributed by atoms with van der Waals surface area (Å²) in [6, 6.07) is 9.50. The first kappa shape index (κ1) is 27.8. The Morgan fingerprint density at radius 3 is 2.49 bits per heavy atom. The van der Waals surface area contributed by atoms with Gasteiger partial charge >= 0.3 is 5.97 Å². The van der Waals surface area contributed by atoms with E-state index in [-0.39, 0.29) is 39.0 Å². The number of halogens is 4. The highest BCUT2D eigenvalue weighted by Crippen LogP contribution is 2.57. The van der Waals surface area contributed by atoms with Crippen LogP contribution in [-0.4, -0.2) is 46.3 Å². The quantitative estimate of drug-likeness (QED) is 0.440. The summed E-state index contributed by atoms with van der Waals surface area (Å²) in [5, 5.41) is 31.2. The summed E-state index contributed by atoms with van der Waals surface area (Å²) in [7, 11) is 0. The Labute approximate surface area is 225 Å². The normalized spacial score (nSPS) is 29.8. The lowest BCUT2D eigenvalue weighted by Gasteiger charge is -2.39. The number of hydrogen-bond donors (Lipinski definition) is 2. The smallest absolute Gasteiger partial charge is 0.306 e. The molecule has 0 amide bonds. The number of aliphatic hydroxyl groups is 1. The Bertz CT molecular complexity index is 1240. The van der Waals surface area contributed by atoms with E-state index in [1.54, 1.807) is 6.07 Å². The van der Waals surface area contributed by atoms with Crippen LogP contribution < -0.4 is 0 Å². The van der Waals surface area contributed by atoms with Gasteiger partial charge in [0.05, 0.1) is 23.6 Å². The van der Waals surface area contributed by atoms with Crippen molar-refractivity contribution in [2.24, 2.45) is 17.3 Å². The number of carboxylic acids is 1. The SMILES string of the molecule is CC(C)(C)C[C@@H]1N(C[C@@H]2C[C@H]2C(=O)O)[C@@H](CO)[C@H](c2cccc(Cl)c2F)[C@@]1(C#N)c1ccc(Cl)cc1F. The lowest BCUT2D eigenvalue weighted by atomic mass is 9.62. The molecule has 4 rings (SSSR count). The number of hydrogen-bond acceptors (Lipinski definition) is 4. The number of nitriles is 1. The summed E-state index contributed by atoms with van der Waals surface area (Å²) in [5.41, 5.74) is -1.81. The Hall–Kier alpha value is -2.24. The molecule has 0 radical (unpaired) electrons. The van der Waals surface area contributed by atoms with Gasteiger partial charge in [0.25, 0.3) is 0 Å². The first-order valence-electron chi connectivity index (χ1n) is 12.3. The average Bonchev–Trinajstić information content (AvgIpc) is 3.54. The number of aliphatic carboxylic acids is 1. The fraction of sp³-hybridized carbons (Fsp3) is 0.500. The predicted molar refractivity (Wildman–Crippen MR) is 138 cm³/mol. The van der Waals surface area contributed by atoms with Crippen molar-refractivity contribution in [2.45, 2.75) is 57.0 Å². The van der Waals surface area contributed by atoms with Gasteiger partial charge in [-0.2, -0.15) is 5.26 Å². The van der Waals surface area contributed by atoms with Gasteiger partial charge < -0.3 is 10.2 Å². The van der Waals surface area contributed by atoms with Gasteiger partial charge in [-0.25, -0.2) is 8.78 Å². The maximum atomic E-state index is 15.7. The highest BCUT2D eigenvalue weighted by atomic mass is 35.5. The van der Waals surface area contributed by atoms with E-state index < -0.39 is 53.5 Å². The topological polar surface area (TPSA) is 84.6 Å². The number of carbonyl (C=O) groups is 1. The van der Waals surface area contributed by atoms with Crippen LogP contribution in [0.2, 0.25) is 10.0 Å². The minimum Gasteiger partial charge on any atom is -0.481 e. The molecule has 2 N–H and O–H groups in total. The molecule has 1 saturated carbocycles. The standard InChI is InChI=1S/C28H30Cl2F2N2O3/c1-27(2,3)11-23-28(14-33,19-8-7-16(29)10-21(19)31)24(17-5-4-6-20(30)25(17)32)22(13-35)34(23)12-15-9-18(15)26(36)37/h4-8,10,15,18,22-24,35H,9,11-13H2,1-3H3,(H,36,37)/t15-,18+,22-,23-,24-,28-/m0/s1. The number of nitrogens with zero attached hydrogens (tertiary/aromatic N) is 2. The van der Waals surface area contributed by atoms with E-state index in [0.717, 1.165) is 6.07 Å². The van der Waals surface area contributed by atoms with Crippen LogP contribution in [0.15, 0.2) is 36.4 Å². The Morgan fingerprint density at radius 1 is 1.24 bits per heavy atom. The molecule has 5 nitrogen and oxygen atoms in total. The van der Waals surface area contributed by atoms with E-state index in [4.69, 9.17) is 23.2 Å². The Balaban J connectivity index is 2.00. The molecule has 1 aliphatic carbocycles. The van der Waals surface area contributed by atoms with Crippen molar-refractivity contribution in [3.8, 4) is 6.07 Å². The molecule has 2 fully saturated rings. The molecule has 0 aromatic heterocycles. The molecule has 1 aliphatic heterocycles. The summed E-state index contributed by atoms with van der Waals surface area (Å²) in [6.07, 6.45) is 0.875. The Morgan fingerprint density at radius 2 is 1.95 bits per heavy atom. The molecule has 2 aliphatic rings. The highest BCUT2D eigenvalue weighted by Gasteiger charge is 2.63. The predicted octanol–water partition coefficient (Wildman–Crippen LogP) is 6.02. The molecule has 0 spiro atoms. The van der Waals surface area contributed by atoms with Crippen LogP contribution in [0.4, 0.5) is 8.78 Å². The van der Waals surface area contributed by atoms with Gasteiger partial charge in [0.1, 0.15) is 17.0 Å². The first-order chi connectivity index (χ1) is 17.4. The number of aliphatic hydroxyl groups excluding tert-OH is 1. The third-order valence-electron chi connectivity index (χ3n) is 7.78. The van der Waals surface area contributed by atoms with Crippen molar-refractivity contribution in [1.29, 1.82) is 5.26 Å². The summed E-state index contributed by atoms with van der Waals surface area (Å²) in [5.74, 6) is -4.04. The minimum atomic E-state index is -1.63. The van der Waals surface area contributed by atoms with Crippen LogP contribution in [0.5, 0.6) is 0 Å². The largest absolute Gasteiger partial charge is 0.481 e.